The number of aryl methyl sites for hydroxylation is 1. The lowest BCUT2D eigenvalue weighted by molar-refractivity contribution is 0.0525. The van der Waals surface area contributed by atoms with Crippen LogP contribution in [0.25, 0.3) is 11.4 Å². The molecule has 2 aromatic heterocycles. The Bertz CT molecular complexity index is 963. The molecule has 0 spiro atoms. The van der Waals surface area contributed by atoms with Gasteiger partial charge in [0.05, 0.1) is 23.6 Å². The number of hydrogen-bond donors (Lipinski definition) is 2. The second-order valence-electron chi connectivity index (χ2n) is 5.89. The minimum atomic E-state index is -0.420. The molecule has 0 fully saturated rings. The van der Waals surface area contributed by atoms with Crippen molar-refractivity contribution in [2.45, 2.75) is 25.9 Å². The van der Waals surface area contributed by atoms with E-state index in [-0.39, 0.29) is 18.1 Å². The standard InChI is InChI=1S/C19H20N4O3S/c1-4-26-18(25)15-11(2)16(20-12(15)3)14(24)10-27-19-21-17(22-23-19)13-8-6-5-7-9-13/h5-9,20H,4,10H2,1-3H3,(H,21,22,23). The van der Waals surface area contributed by atoms with Crippen LogP contribution in [-0.4, -0.2) is 44.3 Å². The first-order chi connectivity index (χ1) is 13.0. The summed E-state index contributed by atoms with van der Waals surface area (Å²) in [5.41, 5.74) is 3.01. The van der Waals surface area contributed by atoms with Crippen LogP contribution in [0.5, 0.6) is 0 Å². The second-order valence-corrected chi connectivity index (χ2v) is 6.83. The van der Waals surface area contributed by atoms with E-state index in [0.717, 1.165) is 5.56 Å². The van der Waals surface area contributed by atoms with Gasteiger partial charge in [0, 0.05) is 11.3 Å². The van der Waals surface area contributed by atoms with Crippen LogP contribution in [0.3, 0.4) is 0 Å². The van der Waals surface area contributed by atoms with E-state index in [9.17, 15) is 9.59 Å². The predicted octanol–water partition coefficient (Wildman–Crippen LogP) is 3.57. The van der Waals surface area contributed by atoms with Crippen molar-refractivity contribution in [1.29, 1.82) is 0 Å². The molecule has 1 aromatic carbocycles. The molecule has 0 aliphatic rings. The number of hydrogen-bond acceptors (Lipinski definition) is 6. The van der Waals surface area contributed by atoms with E-state index in [1.165, 1.54) is 11.8 Å². The summed E-state index contributed by atoms with van der Waals surface area (Å²) in [6, 6.07) is 9.64. The summed E-state index contributed by atoms with van der Waals surface area (Å²) < 4.78 is 5.06. The van der Waals surface area contributed by atoms with Gasteiger partial charge in [0.1, 0.15) is 0 Å². The predicted molar refractivity (Wildman–Crippen MR) is 103 cm³/mol. The third-order valence-corrected chi connectivity index (χ3v) is 4.89. The zero-order valence-electron chi connectivity index (χ0n) is 15.3. The van der Waals surface area contributed by atoms with Crippen molar-refractivity contribution in [1.82, 2.24) is 20.2 Å². The highest BCUT2D eigenvalue weighted by Crippen LogP contribution is 2.23. The molecule has 8 heteroatoms. The van der Waals surface area contributed by atoms with Gasteiger partial charge in [0.25, 0.3) is 0 Å². The smallest absolute Gasteiger partial charge is 0.340 e. The van der Waals surface area contributed by atoms with Crippen molar-refractivity contribution in [2.24, 2.45) is 0 Å². The third kappa shape index (κ3) is 4.11. The monoisotopic (exact) mass is 384 g/mol. The molecule has 0 unspecified atom stereocenters. The number of H-pyrrole nitrogens is 2. The zero-order valence-corrected chi connectivity index (χ0v) is 16.1. The molecule has 2 N–H and O–H groups in total. The highest BCUT2D eigenvalue weighted by Gasteiger charge is 2.23. The summed E-state index contributed by atoms with van der Waals surface area (Å²) in [6.07, 6.45) is 0. The van der Waals surface area contributed by atoms with E-state index in [4.69, 9.17) is 4.74 Å². The average Bonchev–Trinajstić information content (AvgIpc) is 3.25. The Morgan fingerprint density at radius 2 is 1.93 bits per heavy atom. The first-order valence-corrected chi connectivity index (χ1v) is 9.50. The van der Waals surface area contributed by atoms with E-state index in [2.05, 4.69) is 20.2 Å². The number of esters is 1. The van der Waals surface area contributed by atoms with Crippen LogP contribution in [-0.2, 0) is 4.74 Å². The van der Waals surface area contributed by atoms with Crippen LogP contribution >= 0.6 is 11.8 Å². The van der Waals surface area contributed by atoms with Crippen molar-refractivity contribution in [3.63, 3.8) is 0 Å². The average molecular weight is 384 g/mol. The fraction of sp³-hybridized carbons (Fsp3) is 0.263. The molecule has 0 saturated heterocycles. The van der Waals surface area contributed by atoms with Gasteiger partial charge in [-0.15, -0.1) is 5.10 Å². The van der Waals surface area contributed by atoms with Gasteiger partial charge in [-0.05, 0) is 26.3 Å². The quantitative estimate of drug-likeness (QED) is 0.367. The van der Waals surface area contributed by atoms with Gasteiger partial charge in [-0.1, -0.05) is 42.1 Å². The molecule has 3 rings (SSSR count). The Morgan fingerprint density at radius 3 is 2.63 bits per heavy atom. The van der Waals surface area contributed by atoms with E-state index in [0.29, 0.717) is 33.5 Å². The minimum Gasteiger partial charge on any atom is -0.462 e. The lowest BCUT2D eigenvalue weighted by atomic mass is 10.1. The maximum Gasteiger partial charge on any atom is 0.340 e. The zero-order chi connectivity index (χ0) is 19.4. The van der Waals surface area contributed by atoms with Crippen molar-refractivity contribution in [3.8, 4) is 11.4 Å². The number of nitrogens with one attached hydrogen (secondary N) is 2. The van der Waals surface area contributed by atoms with E-state index in [1.54, 1.807) is 20.8 Å². The molecule has 2 heterocycles. The number of ether oxygens (including phenoxy) is 1. The molecule has 3 aromatic rings. The summed E-state index contributed by atoms with van der Waals surface area (Å²) in [5, 5.41) is 7.52. The number of benzene rings is 1. The lowest BCUT2D eigenvalue weighted by Gasteiger charge is -2.02. The fourth-order valence-corrected chi connectivity index (χ4v) is 3.45. The SMILES string of the molecule is CCOC(=O)c1c(C)[nH]c(C(=O)CSc2n[nH]c(-c3ccccc3)n2)c1C. The van der Waals surface area contributed by atoms with Crippen molar-refractivity contribution < 1.29 is 14.3 Å². The molecule has 7 nitrogen and oxygen atoms in total. The molecule has 0 saturated carbocycles. The summed E-state index contributed by atoms with van der Waals surface area (Å²) in [4.78, 5) is 32.1. The number of thioether (sulfide) groups is 1. The summed E-state index contributed by atoms with van der Waals surface area (Å²) in [5.74, 6) is 0.274. The number of nitrogens with zero attached hydrogens (tertiary/aromatic N) is 2. The molecule has 0 aliphatic carbocycles. The number of aromatic amines is 2. The first kappa shape index (κ1) is 18.9. The van der Waals surface area contributed by atoms with Gasteiger partial charge in [-0.2, -0.15) is 0 Å². The van der Waals surface area contributed by atoms with E-state index >= 15 is 0 Å². The number of Topliss-reactive ketones (excluding diaryl/α,β-unsaturated/α-hetero) is 1. The van der Waals surface area contributed by atoms with Gasteiger partial charge < -0.3 is 9.72 Å². The number of carbonyl (C=O) groups is 2. The molecular weight excluding hydrogens is 364 g/mol. The summed E-state index contributed by atoms with van der Waals surface area (Å²) in [7, 11) is 0. The fourth-order valence-electron chi connectivity index (χ4n) is 2.78. The Morgan fingerprint density at radius 1 is 1.19 bits per heavy atom. The van der Waals surface area contributed by atoms with Crippen LogP contribution in [0.2, 0.25) is 0 Å². The van der Waals surface area contributed by atoms with Crippen molar-refractivity contribution in [2.75, 3.05) is 12.4 Å². The largest absolute Gasteiger partial charge is 0.462 e. The van der Waals surface area contributed by atoms with Crippen LogP contribution in [0, 0.1) is 13.8 Å². The molecule has 27 heavy (non-hydrogen) atoms. The van der Waals surface area contributed by atoms with Crippen LogP contribution in [0.1, 0.15) is 39.0 Å². The van der Waals surface area contributed by atoms with Crippen molar-refractivity contribution in [3.05, 3.63) is 52.8 Å². The first-order valence-electron chi connectivity index (χ1n) is 8.51. The maximum atomic E-state index is 12.6. The molecule has 0 aliphatic heterocycles. The van der Waals surface area contributed by atoms with Gasteiger partial charge in [-0.3, -0.25) is 9.89 Å². The molecule has 0 bridgehead atoms. The third-order valence-electron chi connectivity index (χ3n) is 4.04. The van der Waals surface area contributed by atoms with Crippen LogP contribution in [0.15, 0.2) is 35.5 Å². The van der Waals surface area contributed by atoms with Gasteiger partial charge in [-0.25, -0.2) is 9.78 Å². The maximum absolute atomic E-state index is 12.6. The number of rotatable bonds is 7. The Balaban J connectivity index is 1.69. The summed E-state index contributed by atoms with van der Waals surface area (Å²) in [6.45, 7) is 5.54. The minimum absolute atomic E-state index is 0.123. The molecular formula is C19H20N4O3S. The second kappa shape index (κ2) is 8.22. The highest BCUT2D eigenvalue weighted by molar-refractivity contribution is 7.99. The lowest BCUT2D eigenvalue weighted by Crippen LogP contribution is -2.08. The topological polar surface area (TPSA) is 101 Å². The Hall–Kier alpha value is -2.87. The molecule has 0 atom stereocenters. The van der Waals surface area contributed by atoms with Crippen LogP contribution < -0.4 is 0 Å². The molecule has 0 amide bonds. The normalized spacial score (nSPS) is 10.8. The number of carbonyl (C=O) groups excluding carboxylic acids is 2. The number of aromatic nitrogens is 4. The molecule has 140 valence electrons. The van der Waals surface area contributed by atoms with Gasteiger partial charge in [0.15, 0.2) is 11.6 Å². The van der Waals surface area contributed by atoms with Gasteiger partial charge >= 0.3 is 5.97 Å². The van der Waals surface area contributed by atoms with Gasteiger partial charge in [0.2, 0.25) is 5.16 Å². The highest BCUT2D eigenvalue weighted by atomic mass is 32.2. The number of ketones is 1. The van der Waals surface area contributed by atoms with E-state index < -0.39 is 5.97 Å². The van der Waals surface area contributed by atoms with Crippen LogP contribution in [0.4, 0.5) is 0 Å². The Labute approximate surface area is 160 Å². The summed E-state index contributed by atoms with van der Waals surface area (Å²) >= 11 is 1.24. The molecule has 0 radical (unpaired) electrons. The Kier molecular flexibility index (Phi) is 5.75. The van der Waals surface area contributed by atoms with E-state index in [1.807, 2.05) is 30.3 Å². The van der Waals surface area contributed by atoms with Crippen molar-refractivity contribution >= 4 is 23.5 Å².